The second-order valence-corrected chi connectivity index (χ2v) is 9.44. The fourth-order valence-corrected chi connectivity index (χ4v) is 6.30. The number of carbonyl (C=O) groups is 1. The lowest BCUT2D eigenvalue weighted by Gasteiger charge is -2.45. The molecule has 4 atom stereocenters. The van der Waals surface area contributed by atoms with E-state index in [1.54, 1.807) is 0 Å². The molecule has 0 N–H and O–H groups in total. The molecule has 4 rings (SSSR count). The van der Waals surface area contributed by atoms with Gasteiger partial charge in [-0.2, -0.15) is 0 Å². The summed E-state index contributed by atoms with van der Waals surface area (Å²) in [5, 5.41) is 0. The summed E-state index contributed by atoms with van der Waals surface area (Å²) in [6.45, 7) is 3.96. The molecule has 3 saturated carbocycles. The Labute approximate surface area is 172 Å². The summed E-state index contributed by atoms with van der Waals surface area (Å²) in [6.07, 6.45) is 14.0. The van der Waals surface area contributed by atoms with Crippen LogP contribution >= 0.6 is 0 Å². The highest BCUT2D eigenvalue weighted by atomic mass is 19.2. The predicted octanol–water partition coefficient (Wildman–Crippen LogP) is 6.70. The summed E-state index contributed by atoms with van der Waals surface area (Å²) in [6, 6.07) is 3.30. The van der Waals surface area contributed by atoms with Gasteiger partial charge in [-0.3, -0.25) is 4.79 Å². The Morgan fingerprint density at radius 2 is 1.69 bits per heavy atom. The topological polar surface area (TPSA) is 26.3 Å². The fraction of sp³-hybridized carbons (Fsp3) is 0.640. The van der Waals surface area contributed by atoms with Crippen LogP contribution < -0.4 is 4.74 Å². The zero-order chi connectivity index (χ0) is 20.4. The summed E-state index contributed by atoms with van der Waals surface area (Å²) < 4.78 is 32.0. The average Bonchev–Trinajstić information content (AvgIpc) is 2.75. The van der Waals surface area contributed by atoms with Crippen LogP contribution in [0.2, 0.25) is 0 Å². The standard InChI is InChI=1S/C25H32F2O2/c1-2-16-6-8-17(9-7-16)18-10-12-21-19(14-18)4-3-5-22(21)25(28)29-20-11-13-23(26)24(27)15-20/h2,11,13,15-19,21-22H,1,3-10,12,14H2. The lowest BCUT2D eigenvalue weighted by atomic mass is 9.59. The molecule has 0 radical (unpaired) electrons. The van der Waals surface area contributed by atoms with Crippen LogP contribution in [0, 0.1) is 47.1 Å². The Kier molecular flexibility index (Phi) is 6.36. The van der Waals surface area contributed by atoms with Crippen molar-refractivity contribution in [3.63, 3.8) is 0 Å². The number of benzene rings is 1. The van der Waals surface area contributed by atoms with Crippen molar-refractivity contribution in [1.29, 1.82) is 0 Å². The molecule has 4 heteroatoms. The Morgan fingerprint density at radius 3 is 2.41 bits per heavy atom. The highest BCUT2D eigenvalue weighted by Crippen LogP contribution is 2.50. The molecular weight excluding hydrogens is 370 g/mol. The molecule has 0 heterocycles. The van der Waals surface area contributed by atoms with Crippen molar-refractivity contribution >= 4 is 5.97 Å². The summed E-state index contributed by atoms with van der Waals surface area (Å²) in [7, 11) is 0. The molecule has 0 amide bonds. The van der Waals surface area contributed by atoms with Crippen molar-refractivity contribution in [2.24, 2.45) is 35.5 Å². The number of hydrogen-bond donors (Lipinski definition) is 0. The summed E-state index contributed by atoms with van der Waals surface area (Å²) >= 11 is 0. The molecule has 1 aromatic carbocycles. The van der Waals surface area contributed by atoms with Gasteiger partial charge < -0.3 is 4.74 Å². The zero-order valence-corrected chi connectivity index (χ0v) is 17.1. The Morgan fingerprint density at radius 1 is 0.931 bits per heavy atom. The smallest absolute Gasteiger partial charge is 0.314 e. The molecule has 3 aliphatic carbocycles. The average molecular weight is 403 g/mol. The van der Waals surface area contributed by atoms with E-state index in [0.29, 0.717) is 17.8 Å². The first-order valence-corrected chi connectivity index (χ1v) is 11.3. The molecule has 3 aliphatic rings. The van der Waals surface area contributed by atoms with E-state index in [9.17, 15) is 13.6 Å². The molecule has 3 fully saturated rings. The van der Waals surface area contributed by atoms with Crippen molar-refractivity contribution in [3.05, 3.63) is 42.5 Å². The monoisotopic (exact) mass is 402 g/mol. The van der Waals surface area contributed by atoms with E-state index in [-0.39, 0.29) is 17.6 Å². The van der Waals surface area contributed by atoms with Gasteiger partial charge in [-0.15, -0.1) is 6.58 Å². The number of halogens is 2. The van der Waals surface area contributed by atoms with Gasteiger partial charge in [0.1, 0.15) is 5.75 Å². The van der Waals surface area contributed by atoms with Gasteiger partial charge in [0.15, 0.2) is 11.6 Å². The Bertz CT molecular complexity index is 738. The first-order chi connectivity index (χ1) is 14.0. The lowest BCUT2D eigenvalue weighted by molar-refractivity contribution is -0.144. The van der Waals surface area contributed by atoms with Gasteiger partial charge in [-0.1, -0.05) is 18.9 Å². The third-order valence-corrected chi connectivity index (χ3v) is 7.92. The quantitative estimate of drug-likeness (QED) is 0.318. The van der Waals surface area contributed by atoms with E-state index in [0.717, 1.165) is 43.2 Å². The molecule has 1 aromatic rings. The minimum atomic E-state index is -0.983. The zero-order valence-electron chi connectivity index (χ0n) is 17.1. The van der Waals surface area contributed by atoms with E-state index in [1.165, 1.54) is 51.0 Å². The fourth-order valence-electron chi connectivity index (χ4n) is 6.30. The first kappa shape index (κ1) is 20.6. The molecule has 2 nitrogen and oxygen atoms in total. The van der Waals surface area contributed by atoms with Crippen molar-refractivity contribution in [2.45, 2.75) is 64.2 Å². The molecule has 158 valence electrons. The minimum absolute atomic E-state index is 0.101. The molecule has 4 unspecified atom stereocenters. The molecule has 0 aromatic heterocycles. The number of rotatable bonds is 4. The second-order valence-electron chi connectivity index (χ2n) is 9.44. The lowest BCUT2D eigenvalue weighted by Crippen LogP contribution is -2.40. The number of allylic oxidation sites excluding steroid dienone is 1. The van der Waals surface area contributed by atoms with Gasteiger partial charge in [-0.05, 0) is 93.1 Å². The summed E-state index contributed by atoms with van der Waals surface area (Å²) in [4.78, 5) is 12.8. The Hall–Kier alpha value is -1.71. The van der Waals surface area contributed by atoms with Crippen LogP contribution in [0.1, 0.15) is 64.2 Å². The van der Waals surface area contributed by atoms with Crippen LogP contribution in [0.4, 0.5) is 8.78 Å². The van der Waals surface area contributed by atoms with E-state index in [1.807, 2.05) is 0 Å². The first-order valence-electron chi connectivity index (χ1n) is 11.3. The molecule has 0 bridgehead atoms. The third-order valence-electron chi connectivity index (χ3n) is 7.92. The van der Waals surface area contributed by atoms with Gasteiger partial charge in [-0.25, -0.2) is 8.78 Å². The maximum Gasteiger partial charge on any atom is 0.314 e. The SMILES string of the molecule is C=CC1CCC(C2CCC3C(CCCC3C(=O)Oc3ccc(F)c(F)c3)C2)CC1. The minimum Gasteiger partial charge on any atom is -0.426 e. The Balaban J connectivity index is 1.36. The van der Waals surface area contributed by atoms with Crippen molar-refractivity contribution in [1.82, 2.24) is 0 Å². The van der Waals surface area contributed by atoms with Crippen LogP contribution in [-0.4, -0.2) is 5.97 Å². The van der Waals surface area contributed by atoms with E-state index >= 15 is 0 Å². The largest absolute Gasteiger partial charge is 0.426 e. The van der Waals surface area contributed by atoms with Gasteiger partial charge in [0, 0.05) is 6.07 Å². The van der Waals surface area contributed by atoms with E-state index in [2.05, 4.69) is 12.7 Å². The number of hydrogen-bond acceptors (Lipinski definition) is 2. The van der Waals surface area contributed by atoms with Gasteiger partial charge in [0.05, 0.1) is 5.92 Å². The van der Waals surface area contributed by atoms with Gasteiger partial charge in [0.2, 0.25) is 0 Å². The summed E-state index contributed by atoms with van der Waals surface area (Å²) in [5.41, 5.74) is 0. The van der Waals surface area contributed by atoms with Crippen LogP contribution in [0.15, 0.2) is 30.9 Å². The van der Waals surface area contributed by atoms with Crippen LogP contribution in [0.25, 0.3) is 0 Å². The second kappa shape index (κ2) is 8.97. The van der Waals surface area contributed by atoms with Crippen LogP contribution in [-0.2, 0) is 4.79 Å². The molecule has 0 spiro atoms. The van der Waals surface area contributed by atoms with Gasteiger partial charge in [0.25, 0.3) is 0 Å². The number of carbonyl (C=O) groups excluding carboxylic acids is 1. The van der Waals surface area contributed by atoms with E-state index in [4.69, 9.17) is 4.74 Å². The number of fused-ring (bicyclic) bond motifs is 1. The highest BCUT2D eigenvalue weighted by Gasteiger charge is 2.43. The maximum absolute atomic E-state index is 13.4. The number of ether oxygens (including phenoxy) is 1. The number of esters is 1. The van der Waals surface area contributed by atoms with Crippen molar-refractivity contribution in [2.75, 3.05) is 0 Å². The molecule has 0 aliphatic heterocycles. The maximum atomic E-state index is 13.4. The molecule has 29 heavy (non-hydrogen) atoms. The van der Waals surface area contributed by atoms with Crippen molar-refractivity contribution in [3.8, 4) is 5.75 Å². The summed E-state index contributed by atoms with van der Waals surface area (Å²) in [5.74, 6) is 1.12. The van der Waals surface area contributed by atoms with Gasteiger partial charge >= 0.3 is 5.97 Å². The van der Waals surface area contributed by atoms with Crippen LogP contribution in [0.5, 0.6) is 5.75 Å². The van der Waals surface area contributed by atoms with Crippen molar-refractivity contribution < 1.29 is 18.3 Å². The van der Waals surface area contributed by atoms with Crippen LogP contribution in [0.3, 0.4) is 0 Å². The normalized spacial score (nSPS) is 34.8. The van der Waals surface area contributed by atoms with E-state index < -0.39 is 11.6 Å². The predicted molar refractivity (Wildman–Crippen MR) is 109 cm³/mol. The highest BCUT2D eigenvalue weighted by molar-refractivity contribution is 5.75. The third kappa shape index (κ3) is 4.57. The molecular formula is C25H32F2O2. The molecule has 0 saturated heterocycles.